The van der Waals surface area contributed by atoms with Gasteiger partial charge in [-0.25, -0.2) is 5.01 Å². The number of benzene rings is 2. The van der Waals surface area contributed by atoms with Gasteiger partial charge in [0.15, 0.2) is 0 Å². The van der Waals surface area contributed by atoms with Gasteiger partial charge in [-0.2, -0.15) is 5.01 Å². The molecule has 1 fully saturated rings. The highest BCUT2D eigenvalue weighted by Crippen LogP contribution is 2.53. The van der Waals surface area contributed by atoms with E-state index < -0.39 is 5.54 Å². The first-order valence-electron chi connectivity index (χ1n) is 7.51. The smallest absolute Gasteiger partial charge is 0.267 e. The van der Waals surface area contributed by atoms with Crippen LogP contribution in [0.5, 0.6) is 0 Å². The number of imide groups is 1. The lowest BCUT2D eigenvalue weighted by Crippen LogP contribution is -2.39. The summed E-state index contributed by atoms with van der Waals surface area (Å²) in [6.07, 6.45) is 0. The van der Waals surface area contributed by atoms with Crippen molar-refractivity contribution in [2.24, 2.45) is 0 Å². The zero-order valence-electron chi connectivity index (χ0n) is 12.6. The molecule has 1 saturated heterocycles. The van der Waals surface area contributed by atoms with Crippen LogP contribution in [0.25, 0.3) is 0 Å². The number of carbonyl (C=O) groups is 2. The zero-order valence-corrected chi connectivity index (χ0v) is 13.3. The minimum absolute atomic E-state index is 0.0235. The van der Waals surface area contributed by atoms with Crippen LogP contribution in [0.1, 0.15) is 33.2 Å². The molecule has 0 radical (unpaired) electrons. The average Bonchev–Trinajstić information content (AvgIpc) is 3.11. The van der Waals surface area contributed by atoms with Crippen molar-refractivity contribution in [2.75, 3.05) is 5.88 Å². The zero-order chi connectivity index (χ0) is 16.2. The van der Waals surface area contributed by atoms with Crippen LogP contribution in [0, 0.1) is 0 Å². The molecule has 4 rings (SSSR count). The number of hydrogen-bond donors (Lipinski definition) is 0. The van der Waals surface area contributed by atoms with Gasteiger partial charge in [0.25, 0.3) is 11.8 Å². The van der Waals surface area contributed by atoms with Gasteiger partial charge in [0, 0.05) is 5.88 Å². The molecule has 2 aromatic carbocycles. The van der Waals surface area contributed by atoms with Crippen molar-refractivity contribution in [3.8, 4) is 0 Å². The quantitative estimate of drug-likeness (QED) is 0.494. The van der Waals surface area contributed by atoms with Crippen LogP contribution in [0.3, 0.4) is 0 Å². The van der Waals surface area contributed by atoms with E-state index in [0.717, 1.165) is 5.56 Å². The van der Waals surface area contributed by atoms with Crippen molar-refractivity contribution in [1.82, 2.24) is 10.0 Å². The normalized spacial score (nSPS) is 28.9. The minimum Gasteiger partial charge on any atom is -0.267 e. The molecule has 3 atom stereocenters. The monoisotopic (exact) mass is 326 g/mol. The van der Waals surface area contributed by atoms with E-state index in [0.29, 0.717) is 17.0 Å². The van der Waals surface area contributed by atoms with E-state index in [1.54, 1.807) is 29.3 Å². The second-order valence-corrected chi connectivity index (χ2v) is 6.18. The number of halogens is 1. The van der Waals surface area contributed by atoms with Crippen molar-refractivity contribution in [3.63, 3.8) is 0 Å². The van der Waals surface area contributed by atoms with E-state index in [4.69, 9.17) is 11.6 Å². The van der Waals surface area contributed by atoms with Gasteiger partial charge in [-0.3, -0.25) is 9.59 Å². The standard InChI is InChI=1S/C18H15ClN2O2/c1-12-18(11-19,13-7-3-2-4-8-13)21(12)20-16(22)14-9-5-6-10-15(14)17(20)23/h2-10,12H,11H2,1H3/t12-,18+,21?/m1/s1. The van der Waals surface area contributed by atoms with Gasteiger partial charge >= 0.3 is 0 Å². The molecule has 0 saturated carbocycles. The minimum atomic E-state index is -0.518. The fourth-order valence-corrected chi connectivity index (χ4v) is 4.04. The molecular weight excluding hydrogens is 312 g/mol. The molecule has 1 unspecified atom stereocenters. The molecule has 0 aromatic heterocycles. The lowest BCUT2D eigenvalue weighted by atomic mass is 9.98. The number of fused-ring (bicyclic) bond motifs is 1. The first kappa shape index (κ1) is 14.4. The fourth-order valence-electron chi connectivity index (χ4n) is 3.54. The fraction of sp³-hybridized carbons (Fsp3) is 0.222. The van der Waals surface area contributed by atoms with Crippen molar-refractivity contribution in [3.05, 3.63) is 71.3 Å². The summed E-state index contributed by atoms with van der Waals surface area (Å²) in [6.45, 7) is 1.99. The third-order valence-electron chi connectivity index (χ3n) is 4.86. The largest absolute Gasteiger partial charge is 0.276 e. The Morgan fingerprint density at radius 3 is 2.00 bits per heavy atom. The van der Waals surface area contributed by atoms with Crippen LogP contribution < -0.4 is 0 Å². The second-order valence-electron chi connectivity index (χ2n) is 5.91. The Morgan fingerprint density at radius 2 is 1.48 bits per heavy atom. The summed E-state index contributed by atoms with van der Waals surface area (Å²) in [4.78, 5) is 25.4. The molecule has 2 aliphatic heterocycles. The van der Waals surface area contributed by atoms with Crippen molar-refractivity contribution < 1.29 is 9.59 Å². The SMILES string of the molecule is C[C@H]1N(N2C(=O)c3ccccc3C2=O)[C@]1(CCl)c1ccccc1. The number of hydrazine groups is 1. The molecule has 2 amide bonds. The summed E-state index contributed by atoms with van der Waals surface area (Å²) in [5, 5.41) is 3.06. The molecular formula is C18H15ClN2O2. The first-order valence-corrected chi connectivity index (χ1v) is 8.05. The maximum Gasteiger partial charge on any atom is 0.276 e. The third kappa shape index (κ3) is 1.76. The van der Waals surface area contributed by atoms with Crippen LogP contribution >= 0.6 is 11.6 Å². The molecule has 5 heteroatoms. The molecule has 23 heavy (non-hydrogen) atoms. The summed E-state index contributed by atoms with van der Waals surface area (Å²) in [5.41, 5.74) is 1.40. The van der Waals surface area contributed by atoms with Crippen LogP contribution in [0.15, 0.2) is 54.6 Å². The highest BCUT2D eigenvalue weighted by molar-refractivity contribution is 6.22. The Balaban J connectivity index is 1.76. The van der Waals surface area contributed by atoms with Crippen molar-refractivity contribution in [2.45, 2.75) is 18.5 Å². The van der Waals surface area contributed by atoms with Crippen LogP contribution in [-0.2, 0) is 5.54 Å². The van der Waals surface area contributed by atoms with Crippen molar-refractivity contribution in [1.29, 1.82) is 0 Å². The highest BCUT2D eigenvalue weighted by Gasteiger charge is 2.66. The predicted molar refractivity (Wildman–Crippen MR) is 87.1 cm³/mol. The molecule has 0 N–H and O–H groups in total. The van der Waals surface area contributed by atoms with E-state index in [1.165, 1.54) is 5.01 Å². The Labute approximate surface area is 139 Å². The highest BCUT2D eigenvalue weighted by atomic mass is 35.5. The van der Waals surface area contributed by atoms with E-state index >= 15 is 0 Å². The summed E-state index contributed by atoms with van der Waals surface area (Å²) in [5.74, 6) is -0.244. The van der Waals surface area contributed by atoms with E-state index in [-0.39, 0.29) is 17.9 Å². The van der Waals surface area contributed by atoms with Crippen LogP contribution in [0.2, 0.25) is 0 Å². The number of hydrogen-bond acceptors (Lipinski definition) is 3. The number of nitrogens with zero attached hydrogens (tertiary/aromatic N) is 2. The molecule has 0 aliphatic carbocycles. The molecule has 2 aliphatic rings. The van der Waals surface area contributed by atoms with E-state index in [9.17, 15) is 9.59 Å². The topological polar surface area (TPSA) is 40.4 Å². The van der Waals surface area contributed by atoms with Crippen LogP contribution in [0.4, 0.5) is 0 Å². The predicted octanol–water partition coefficient (Wildman–Crippen LogP) is 3.04. The van der Waals surface area contributed by atoms with Crippen LogP contribution in [-0.4, -0.2) is 33.8 Å². The first-order chi connectivity index (χ1) is 11.1. The maximum atomic E-state index is 12.7. The molecule has 2 heterocycles. The summed E-state index contributed by atoms with van der Waals surface area (Å²) in [6, 6.07) is 16.7. The molecule has 116 valence electrons. The Hall–Kier alpha value is -2.17. The number of amides is 2. The lowest BCUT2D eigenvalue weighted by Gasteiger charge is -2.21. The van der Waals surface area contributed by atoms with Gasteiger partial charge < -0.3 is 0 Å². The number of alkyl halides is 1. The van der Waals surface area contributed by atoms with Gasteiger partial charge in [0.2, 0.25) is 0 Å². The number of carbonyl (C=O) groups excluding carboxylic acids is 2. The van der Waals surface area contributed by atoms with E-state index in [2.05, 4.69) is 0 Å². The van der Waals surface area contributed by atoms with Gasteiger partial charge in [0.05, 0.1) is 22.7 Å². The second kappa shape index (κ2) is 4.91. The Kier molecular flexibility index (Phi) is 3.08. The maximum absolute atomic E-state index is 12.7. The summed E-state index contributed by atoms with van der Waals surface area (Å²) in [7, 11) is 0. The molecule has 0 spiro atoms. The third-order valence-corrected chi connectivity index (χ3v) is 5.27. The molecule has 4 nitrogen and oxygen atoms in total. The molecule has 0 bridgehead atoms. The van der Waals surface area contributed by atoms with Gasteiger partial charge in [0.1, 0.15) is 0 Å². The Morgan fingerprint density at radius 1 is 0.957 bits per heavy atom. The molecule has 2 aromatic rings. The van der Waals surface area contributed by atoms with Gasteiger partial charge in [-0.05, 0) is 24.6 Å². The van der Waals surface area contributed by atoms with Gasteiger partial charge in [-0.15, -0.1) is 11.6 Å². The van der Waals surface area contributed by atoms with Gasteiger partial charge in [-0.1, -0.05) is 42.5 Å². The average molecular weight is 327 g/mol. The summed E-state index contributed by atoms with van der Waals surface area (Å²) >= 11 is 6.27. The van der Waals surface area contributed by atoms with E-state index in [1.807, 2.05) is 37.3 Å². The summed E-state index contributed by atoms with van der Waals surface area (Å²) < 4.78 is 0. The number of rotatable bonds is 3. The Bertz CT molecular complexity index is 773. The lowest BCUT2D eigenvalue weighted by molar-refractivity contribution is 0.0302. The van der Waals surface area contributed by atoms with Crippen molar-refractivity contribution >= 4 is 23.4 Å².